The first-order chi connectivity index (χ1) is 8.33. The van der Waals surface area contributed by atoms with Crippen molar-refractivity contribution < 1.29 is 17.9 Å². The second-order valence-electron chi connectivity index (χ2n) is 4.06. The van der Waals surface area contributed by atoms with Gasteiger partial charge >= 0.3 is 6.18 Å². The summed E-state index contributed by atoms with van der Waals surface area (Å²) in [5.74, 6) is 0. The molecule has 0 aliphatic rings. The molecule has 1 atom stereocenters. The number of hydrogen-bond acceptors (Lipinski definition) is 2. The first kappa shape index (κ1) is 15.7. The molecule has 0 N–H and O–H groups in total. The maximum absolute atomic E-state index is 12.2. The van der Waals surface area contributed by atoms with Crippen LogP contribution >= 0.6 is 22.6 Å². The molecule has 3 nitrogen and oxygen atoms in total. The summed E-state index contributed by atoms with van der Waals surface area (Å²) in [6.45, 7) is 4.07. The molecule has 0 bridgehead atoms. The van der Waals surface area contributed by atoms with Gasteiger partial charge in [-0.3, -0.25) is 4.68 Å². The van der Waals surface area contributed by atoms with E-state index < -0.39 is 12.6 Å². The molecule has 104 valence electrons. The number of ether oxygens (including phenoxy) is 1. The van der Waals surface area contributed by atoms with E-state index >= 15 is 0 Å². The van der Waals surface area contributed by atoms with E-state index in [0.29, 0.717) is 12.3 Å². The van der Waals surface area contributed by atoms with Gasteiger partial charge in [-0.25, -0.2) is 0 Å². The van der Waals surface area contributed by atoms with E-state index in [-0.39, 0.29) is 12.6 Å². The highest BCUT2D eigenvalue weighted by Crippen LogP contribution is 2.22. The minimum atomic E-state index is -4.16. The average Bonchev–Trinajstić information content (AvgIpc) is 2.63. The van der Waals surface area contributed by atoms with Gasteiger partial charge in [0.1, 0.15) is 0 Å². The summed E-state index contributed by atoms with van der Waals surface area (Å²) in [4.78, 5) is 0. The third-order valence-corrected chi connectivity index (χ3v) is 3.49. The fourth-order valence-corrected chi connectivity index (χ4v) is 1.85. The second-order valence-corrected chi connectivity index (χ2v) is 5.22. The fourth-order valence-electron chi connectivity index (χ4n) is 1.30. The highest BCUT2D eigenvalue weighted by atomic mass is 127. The van der Waals surface area contributed by atoms with Crippen molar-refractivity contribution in [1.29, 1.82) is 0 Å². The van der Waals surface area contributed by atoms with E-state index in [1.165, 1.54) is 4.68 Å². The number of nitrogens with zero attached hydrogens (tertiary/aromatic N) is 2. The average molecular weight is 376 g/mol. The first-order valence-corrected chi connectivity index (χ1v) is 6.80. The molecule has 1 aromatic rings. The summed E-state index contributed by atoms with van der Waals surface area (Å²) in [6, 6.07) is 0. The third kappa shape index (κ3) is 5.13. The molecule has 7 heteroatoms. The van der Waals surface area contributed by atoms with Gasteiger partial charge < -0.3 is 4.74 Å². The highest BCUT2D eigenvalue weighted by Gasteiger charge is 2.27. The maximum Gasteiger partial charge on any atom is 0.390 e. The quantitative estimate of drug-likeness (QED) is 0.708. The Labute approximate surface area is 118 Å². The second kappa shape index (κ2) is 6.74. The minimum Gasteiger partial charge on any atom is -0.372 e. The molecule has 1 unspecified atom stereocenters. The summed E-state index contributed by atoms with van der Waals surface area (Å²) in [5, 5.41) is 3.95. The van der Waals surface area contributed by atoms with Gasteiger partial charge in [0.05, 0.1) is 34.6 Å². The van der Waals surface area contributed by atoms with Gasteiger partial charge in [-0.1, -0.05) is 6.92 Å². The van der Waals surface area contributed by atoms with Gasteiger partial charge in [-0.05, 0) is 35.9 Å². The van der Waals surface area contributed by atoms with Crippen molar-refractivity contribution in [2.75, 3.05) is 0 Å². The summed E-state index contributed by atoms with van der Waals surface area (Å²) < 4.78 is 44.3. The maximum atomic E-state index is 12.2. The fraction of sp³-hybridized carbons (Fsp3) is 0.727. The summed E-state index contributed by atoms with van der Waals surface area (Å²) in [5.41, 5.74) is 0.708. The predicted octanol–water partition coefficient (Wildman–Crippen LogP) is 3.76. The van der Waals surface area contributed by atoms with E-state index in [2.05, 4.69) is 27.7 Å². The highest BCUT2D eigenvalue weighted by molar-refractivity contribution is 14.1. The predicted molar refractivity (Wildman–Crippen MR) is 70.2 cm³/mol. The van der Waals surface area contributed by atoms with Crippen molar-refractivity contribution in [3.8, 4) is 0 Å². The van der Waals surface area contributed by atoms with Gasteiger partial charge in [0.15, 0.2) is 0 Å². The zero-order chi connectivity index (χ0) is 13.8. The van der Waals surface area contributed by atoms with Crippen LogP contribution in [0.1, 0.15) is 32.4 Å². The van der Waals surface area contributed by atoms with E-state index in [1.807, 2.05) is 13.8 Å². The molecule has 0 aliphatic carbocycles. The SMILES string of the molecule is CCC(C)OCc1c(I)cnn1CCC(F)(F)F. The Morgan fingerprint density at radius 1 is 1.50 bits per heavy atom. The Hall–Kier alpha value is -0.310. The number of aryl methyl sites for hydroxylation is 1. The molecule has 0 aromatic carbocycles. The molecule has 0 aliphatic heterocycles. The van der Waals surface area contributed by atoms with Crippen LogP contribution in [0.4, 0.5) is 13.2 Å². The van der Waals surface area contributed by atoms with Gasteiger partial charge in [0.25, 0.3) is 0 Å². The van der Waals surface area contributed by atoms with E-state index in [9.17, 15) is 13.2 Å². The van der Waals surface area contributed by atoms with E-state index in [4.69, 9.17) is 4.74 Å². The molecule has 0 saturated heterocycles. The molecule has 1 heterocycles. The van der Waals surface area contributed by atoms with Crippen molar-refractivity contribution in [2.45, 2.75) is 52.1 Å². The molecular weight excluding hydrogens is 360 g/mol. The molecule has 0 spiro atoms. The Bertz CT molecular complexity index is 379. The lowest BCUT2D eigenvalue weighted by molar-refractivity contribution is -0.137. The van der Waals surface area contributed by atoms with Crippen LogP contribution in [0.5, 0.6) is 0 Å². The number of aromatic nitrogens is 2. The lowest BCUT2D eigenvalue weighted by Gasteiger charge is -2.13. The Kier molecular flexibility index (Phi) is 5.90. The van der Waals surface area contributed by atoms with Crippen molar-refractivity contribution in [1.82, 2.24) is 9.78 Å². The molecule has 0 amide bonds. The molecule has 0 fully saturated rings. The van der Waals surface area contributed by atoms with Crippen molar-refractivity contribution >= 4 is 22.6 Å². The van der Waals surface area contributed by atoms with Gasteiger partial charge in [0.2, 0.25) is 0 Å². The van der Waals surface area contributed by atoms with Crippen LogP contribution in [0.3, 0.4) is 0 Å². The normalized spacial score (nSPS) is 13.9. The third-order valence-electron chi connectivity index (χ3n) is 2.58. The molecule has 1 rings (SSSR count). The standard InChI is InChI=1S/C11H16F3IN2O/c1-3-8(2)18-7-10-9(15)6-16-17(10)5-4-11(12,13)14/h6,8H,3-5,7H2,1-2H3. The monoisotopic (exact) mass is 376 g/mol. The van der Waals surface area contributed by atoms with Crippen LogP contribution in [0.15, 0.2) is 6.20 Å². The number of halogens is 4. The van der Waals surface area contributed by atoms with E-state index in [0.717, 1.165) is 9.99 Å². The largest absolute Gasteiger partial charge is 0.390 e. The smallest absolute Gasteiger partial charge is 0.372 e. The van der Waals surface area contributed by atoms with Gasteiger partial charge in [-0.15, -0.1) is 0 Å². The van der Waals surface area contributed by atoms with Gasteiger partial charge in [0, 0.05) is 6.54 Å². The number of alkyl halides is 3. The Morgan fingerprint density at radius 3 is 2.72 bits per heavy atom. The molecule has 1 aromatic heterocycles. The van der Waals surface area contributed by atoms with Crippen molar-refractivity contribution in [3.05, 3.63) is 15.5 Å². The molecule has 0 radical (unpaired) electrons. The summed E-state index contributed by atoms with van der Waals surface area (Å²) in [6.07, 6.45) is -2.51. The first-order valence-electron chi connectivity index (χ1n) is 5.72. The minimum absolute atomic E-state index is 0.0896. The van der Waals surface area contributed by atoms with Crippen molar-refractivity contribution in [3.63, 3.8) is 0 Å². The van der Waals surface area contributed by atoms with Crippen LogP contribution < -0.4 is 0 Å². The lowest BCUT2D eigenvalue weighted by Crippen LogP contribution is -2.16. The van der Waals surface area contributed by atoms with Crippen LogP contribution in [0, 0.1) is 3.57 Å². The number of hydrogen-bond donors (Lipinski definition) is 0. The molecule has 0 saturated carbocycles. The Morgan fingerprint density at radius 2 is 2.17 bits per heavy atom. The molecular formula is C11H16F3IN2O. The zero-order valence-corrected chi connectivity index (χ0v) is 12.5. The van der Waals surface area contributed by atoms with E-state index in [1.54, 1.807) is 6.20 Å². The summed E-state index contributed by atoms with van der Waals surface area (Å²) >= 11 is 2.06. The van der Waals surface area contributed by atoms with Crippen LogP contribution in [0.2, 0.25) is 0 Å². The molecule has 18 heavy (non-hydrogen) atoms. The van der Waals surface area contributed by atoms with Crippen molar-refractivity contribution in [2.24, 2.45) is 0 Å². The Balaban J connectivity index is 2.63. The zero-order valence-electron chi connectivity index (χ0n) is 10.3. The van der Waals surface area contributed by atoms with Crippen LogP contribution in [0.25, 0.3) is 0 Å². The lowest BCUT2D eigenvalue weighted by atomic mass is 10.3. The van der Waals surface area contributed by atoms with Gasteiger partial charge in [-0.2, -0.15) is 18.3 Å². The van der Waals surface area contributed by atoms with Crippen LogP contribution in [-0.2, 0) is 17.9 Å². The van der Waals surface area contributed by atoms with Crippen LogP contribution in [-0.4, -0.2) is 22.1 Å². The topological polar surface area (TPSA) is 27.1 Å². The number of rotatable bonds is 6. The summed E-state index contributed by atoms with van der Waals surface area (Å²) in [7, 11) is 0.